The van der Waals surface area contributed by atoms with Crippen LogP contribution in [0.2, 0.25) is 0 Å². The zero-order valence-electron chi connectivity index (χ0n) is 25.5. The molecule has 4 amide bonds. The molecule has 9 nitrogen and oxygen atoms in total. The molecule has 7 rings (SSSR count). The molecule has 0 spiro atoms. The second-order valence-electron chi connectivity index (χ2n) is 14.3. The van der Waals surface area contributed by atoms with E-state index < -0.39 is 6.04 Å². The van der Waals surface area contributed by atoms with Gasteiger partial charge >= 0.3 is 0 Å². The minimum absolute atomic E-state index is 0.114. The van der Waals surface area contributed by atoms with E-state index in [4.69, 9.17) is 4.74 Å². The van der Waals surface area contributed by atoms with E-state index in [2.05, 4.69) is 22.0 Å². The maximum Gasteiger partial charge on any atom is 0.255 e. The third-order valence-electron chi connectivity index (χ3n) is 11.6. The smallest absolute Gasteiger partial charge is 0.255 e. The van der Waals surface area contributed by atoms with Crippen molar-refractivity contribution in [3.8, 4) is 5.75 Å². The number of rotatable bonds is 6. The average molecular weight is 591 g/mol. The zero-order valence-corrected chi connectivity index (χ0v) is 25.5. The van der Waals surface area contributed by atoms with Crippen molar-refractivity contribution in [3.63, 3.8) is 0 Å². The molecule has 6 aliphatic rings. The van der Waals surface area contributed by atoms with Crippen molar-refractivity contribution in [3.05, 3.63) is 29.3 Å². The van der Waals surface area contributed by atoms with E-state index in [9.17, 15) is 19.2 Å². The van der Waals surface area contributed by atoms with Crippen molar-refractivity contribution in [2.45, 2.75) is 109 Å². The van der Waals surface area contributed by atoms with Crippen LogP contribution in [0.1, 0.15) is 99.9 Å². The molecule has 43 heavy (non-hydrogen) atoms. The molecule has 0 bridgehead atoms. The summed E-state index contributed by atoms with van der Waals surface area (Å²) in [5, 5.41) is 2.37. The number of carbonyl (C=O) groups is 4. The summed E-state index contributed by atoms with van der Waals surface area (Å²) in [6.45, 7) is 6.64. The van der Waals surface area contributed by atoms with Gasteiger partial charge in [-0.15, -0.1) is 0 Å². The van der Waals surface area contributed by atoms with Gasteiger partial charge in [0.1, 0.15) is 17.9 Å². The number of carbonyl (C=O) groups excluding carboxylic acids is 4. The van der Waals surface area contributed by atoms with Gasteiger partial charge in [-0.2, -0.15) is 0 Å². The first-order valence-corrected chi connectivity index (χ1v) is 16.8. The number of piperidine rings is 2. The quantitative estimate of drug-likeness (QED) is 0.505. The number of likely N-dealkylation sites (tertiary alicyclic amines) is 2. The predicted molar refractivity (Wildman–Crippen MR) is 160 cm³/mol. The molecule has 9 heteroatoms. The van der Waals surface area contributed by atoms with Crippen molar-refractivity contribution < 1.29 is 23.9 Å². The third kappa shape index (κ3) is 5.47. The Morgan fingerprint density at radius 1 is 0.930 bits per heavy atom. The van der Waals surface area contributed by atoms with E-state index in [1.165, 1.54) is 19.3 Å². The van der Waals surface area contributed by atoms with Crippen LogP contribution >= 0.6 is 0 Å². The van der Waals surface area contributed by atoms with E-state index in [1.807, 2.05) is 18.2 Å². The number of nitrogens with zero attached hydrogens (tertiary/aromatic N) is 3. The molecular weight excluding hydrogens is 544 g/mol. The van der Waals surface area contributed by atoms with E-state index in [-0.39, 0.29) is 35.7 Å². The first-order chi connectivity index (χ1) is 20.8. The van der Waals surface area contributed by atoms with Gasteiger partial charge < -0.3 is 14.5 Å². The van der Waals surface area contributed by atoms with Gasteiger partial charge in [-0.3, -0.25) is 29.4 Å². The molecule has 4 heterocycles. The van der Waals surface area contributed by atoms with Gasteiger partial charge in [0.2, 0.25) is 17.7 Å². The van der Waals surface area contributed by atoms with Crippen LogP contribution in [0.5, 0.6) is 5.75 Å². The summed E-state index contributed by atoms with van der Waals surface area (Å²) < 4.78 is 6.64. The van der Waals surface area contributed by atoms with Crippen LogP contribution in [0.4, 0.5) is 0 Å². The topological polar surface area (TPSA) is 99.3 Å². The number of fused-ring (bicyclic) bond motifs is 1. The molecular formula is C34H46N4O5. The highest BCUT2D eigenvalue weighted by Gasteiger charge is 2.45. The summed E-state index contributed by atoms with van der Waals surface area (Å²) in [4.78, 5) is 56.6. The number of hydrogen-bond donors (Lipinski definition) is 1. The van der Waals surface area contributed by atoms with Gasteiger partial charge in [-0.05, 0) is 87.0 Å². The van der Waals surface area contributed by atoms with Crippen LogP contribution in [0.25, 0.3) is 0 Å². The van der Waals surface area contributed by atoms with Crippen LogP contribution < -0.4 is 10.1 Å². The minimum atomic E-state index is -0.604. The van der Waals surface area contributed by atoms with Crippen LogP contribution in [-0.4, -0.2) is 82.7 Å². The van der Waals surface area contributed by atoms with E-state index in [0.717, 1.165) is 82.4 Å². The molecule has 4 aliphatic heterocycles. The van der Waals surface area contributed by atoms with Crippen molar-refractivity contribution in [1.82, 2.24) is 20.0 Å². The number of nitrogens with one attached hydrogen (secondary N) is 1. The van der Waals surface area contributed by atoms with E-state index in [1.54, 1.807) is 4.90 Å². The van der Waals surface area contributed by atoms with E-state index in [0.29, 0.717) is 42.3 Å². The number of amides is 4. The highest BCUT2D eigenvalue weighted by atomic mass is 16.5. The third-order valence-corrected chi connectivity index (χ3v) is 11.6. The molecule has 1 N–H and O–H groups in total. The Bertz CT molecular complexity index is 1280. The Morgan fingerprint density at radius 3 is 2.42 bits per heavy atom. The van der Waals surface area contributed by atoms with Crippen LogP contribution in [0.3, 0.4) is 0 Å². The van der Waals surface area contributed by atoms with Gasteiger partial charge in [-0.1, -0.05) is 26.2 Å². The summed E-state index contributed by atoms with van der Waals surface area (Å²) in [6, 6.07) is 5.51. The van der Waals surface area contributed by atoms with Gasteiger partial charge in [0, 0.05) is 56.2 Å². The fourth-order valence-electron chi connectivity index (χ4n) is 8.87. The predicted octanol–water partition coefficient (Wildman–Crippen LogP) is 3.89. The summed E-state index contributed by atoms with van der Waals surface area (Å²) >= 11 is 0. The van der Waals surface area contributed by atoms with Crippen LogP contribution in [0, 0.1) is 17.3 Å². The Hall–Kier alpha value is -2.94. The lowest BCUT2D eigenvalue weighted by Crippen LogP contribution is -2.60. The standard InChI is InChI=1S/C34H46N4O5/c1-34(14-4-5-15-34)33(42)36-16-12-22(13-17-36)24-19-37(20-24)27-6-2-3-7-29(27)43-25-8-9-26-23(18-25)21-38(32(26)41)28-10-11-30(39)35-31(28)40/h8-9,18,22,24,27-29H,2-7,10-17,19-21H2,1H3,(H,35,39,40)/t27-,28?,29+/m1/s1. The summed E-state index contributed by atoms with van der Waals surface area (Å²) in [5.74, 6) is 1.81. The van der Waals surface area contributed by atoms with E-state index >= 15 is 0 Å². The lowest BCUT2D eigenvalue weighted by atomic mass is 9.77. The molecule has 0 aromatic heterocycles. The Balaban J connectivity index is 0.928. The molecule has 1 aromatic rings. The van der Waals surface area contributed by atoms with Crippen molar-refractivity contribution >= 4 is 23.6 Å². The number of imide groups is 1. The first-order valence-electron chi connectivity index (χ1n) is 16.8. The maximum atomic E-state index is 13.2. The average Bonchev–Trinajstić information content (AvgIpc) is 3.57. The SMILES string of the molecule is CC1(C(=O)N2CCC(C3CN([C@@H]4CCCC[C@@H]4Oc4ccc5c(c4)CN(C4CCC(=O)NC4=O)C5=O)C3)CC2)CCCC1. The second-order valence-corrected chi connectivity index (χ2v) is 14.3. The maximum absolute atomic E-state index is 13.2. The molecule has 232 valence electrons. The molecule has 0 radical (unpaired) electrons. The zero-order chi connectivity index (χ0) is 29.7. The number of benzene rings is 1. The number of ether oxygens (including phenoxy) is 1. The van der Waals surface area contributed by atoms with Crippen molar-refractivity contribution in [1.29, 1.82) is 0 Å². The van der Waals surface area contributed by atoms with Crippen molar-refractivity contribution in [2.75, 3.05) is 26.2 Å². The molecule has 2 aliphatic carbocycles. The Labute approximate surface area is 254 Å². The fraction of sp³-hybridized carbons (Fsp3) is 0.706. The normalized spacial score (nSPS) is 30.3. The molecule has 1 aromatic carbocycles. The Kier molecular flexibility index (Phi) is 7.72. The van der Waals surface area contributed by atoms with Crippen LogP contribution in [-0.2, 0) is 20.9 Å². The molecule has 3 atom stereocenters. The van der Waals surface area contributed by atoms with Crippen LogP contribution in [0.15, 0.2) is 18.2 Å². The highest BCUT2D eigenvalue weighted by molar-refractivity contribution is 6.05. The lowest BCUT2D eigenvalue weighted by molar-refractivity contribution is -0.143. The first kappa shape index (κ1) is 28.8. The highest BCUT2D eigenvalue weighted by Crippen LogP contribution is 2.42. The molecule has 2 saturated carbocycles. The molecule has 3 saturated heterocycles. The van der Waals surface area contributed by atoms with Gasteiger partial charge in [0.05, 0.1) is 0 Å². The summed E-state index contributed by atoms with van der Waals surface area (Å²) in [6.07, 6.45) is 12.1. The minimum Gasteiger partial charge on any atom is -0.489 e. The second kappa shape index (κ2) is 11.5. The molecule has 5 fully saturated rings. The van der Waals surface area contributed by atoms with Gasteiger partial charge in [-0.25, -0.2) is 0 Å². The molecule has 1 unspecified atom stereocenters. The largest absolute Gasteiger partial charge is 0.489 e. The summed E-state index contributed by atoms with van der Waals surface area (Å²) in [5.41, 5.74) is 1.39. The summed E-state index contributed by atoms with van der Waals surface area (Å²) in [7, 11) is 0. The fourth-order valence-corrected chi connectivity index (χ4v) is 8.87. The number of hydrogen-bond acceptors (Lipinski definition) is 6. The lowest BCUT2D eigenvalue weighted by Gasteiger charge is -2.52. The Morgan fingerprint density at radius 2 is 1.67 bits per heavy atom. The van der Waals surface area contributed by atoms with Crippen molar-refractivity contribution in [2.24, 2.45) is 17.3 Å². The monoisotopic (exact) mass is 590 g/mol. The van der Waals surface area contributed by atoms with Gasteiger partial charge in [0.25, 0.3) is 5.91 Å². The van der Waals surface area contributed by atoms with Gasteiger partial charge in [0.15, 0.2) is 0 Å².